The maximum absolute atomic E-state index is 5.96. The first-order valence-corrected chi connectivity index (χ1v) is 12.4. The molecular formula is C28H39NO5. The zero-order chi connectivity index (χ0) is 24.0. The van der Waals surface area contributed by atoms with Gasteiger partial charge in [0.2, 0.25) is 0 Å². The SMILES string of the molecule is CC1(C)OCC(N(CCCc2ccc(OCc3ccccc3)cc2)C2COC(C)(C)OC2)CO1. The molecule has 0 amide bonds. The predicted molar refractivity (Wildman–Crippen MR) is 132 cm³/mol. The largest absolute Gasteiger partial charge is 0.489 e. The fourth-order valence-electron chi connectivity index (χ4n) is 4.37. The second-order valence-corrected chi connectivity index (χ2v) is 10.1. The van der Waals surface area contributed by atoms with E-state index in [0.717, 1.165) is 25.1 Å². The van der Waals surface area contributed by atoms with Gasteiger partial charge in [-0.3, -0.25) is 4.90 Å². The Morgan fingerprint density at radius 1 is 0.735 bits per heavy atom. The van der Waals surface area contributed by atoms with E-state index in [-0.39, 0.29) is 12.1 Å². The summed E-state index contributed by atoms with van der Waals surface area (Å²) in [7, 11) is 0. The van der Waals surface area contributed by atoms with Gasteiger partial charge in [0.05, 0.1) is 38.5 Å². The molecule has 0 N–H and O–H groups in total. The summed E-state index contributed by atoms with van der Waals surface area (Å²) >= 11 is 0. The lowest BCUT2D eigenvalue weighted by Crippen LogP contribution is -2.58. The van der Waals surface area contributed by atoms with Gasteiger partial charge in [0.25, 0.3) is 0 Å². The Bertz CT molecular complexity index is 835. The van der Waals surface area contributed by atoms with Gasteiger partial charge in [0.1, 0.15) is 12.4 Å². The van der Waals surface area contributed by atoms with Crippen LogP contribution in [0, 0.1) is 0 Å². The molecule has 2 aliphatic heterocycles. The Kier molecular flexibility index (Phi) is 8.27. The van der Waals surface area contributed by atoms with Gasteiger partial charge >= 0.3 is 0 Å². The third-order valence-corrected chi connectivity index (χ3v) is 6.48. The molecule has 6 nitrogen and oxygen atoms in total. The molecule has 2 aliphatic rings. The van der Waals surface area contributed by atoms with Crippen LogP contribution in [0.15, 0.2) is 54.6 Å². The topological polar surface area (TPSA) is 49.4 Å². The lowest BCUT2D eigenvalue weighted by molar-refractivity contribution is -0.288. The predicted octanol–water partition coefficient (Wildman–Crippen LogP) is 4.80. The number of benzene rings is 2. The number of aryl methyl sites for hydroxylation is 1. The molecule has 2 fully saturated rings. The molecule has 0 unspecified atom stereocenters. The van der Waals surface area contributed by atoms with Crippen LogP contribution in [0.2, 0.25) is 0 Å². The van der Waals surface area contributed by atoms with E-state index in [0.29, 0.717) is 33.0 Å². The van der Waals surface area contributed by atoms with Crippen molar-refractivity contribution in [2.75, 3.05) is 33.0 Å². The standard InChI is InChI=1S/C28H39NO5/c1-27(2)31-18-24(19-32-27)29(25-20-33-28(3,4)34-21-25)16-8-11-22-12-14-26(15-13-22)30-17-23-9-6-5-7-10-23/h5-7,9-10,12-15,24-25H,8,11,16-21H2,1-4H3. The molecule has 6 heteroatoms. The number of nitrogens with zero attached hydrogens (tertiary/aromatic N) is 1. The summed E-state index contributed by atoms with van der Waals surface area (Å²) in [4.78, 5) is 2.46. The van der Waals surface area contributed by atoms with Gasteiger partial charge in [-0.05, 0) is 70.3 Å². The van der Waals surface area contributed by atoms with Gasteiger partial charge in [0.15, 0.2) is 11.6 Å². The van der Waals surface area contributed by atoms with Crippen molar-refractivity contribution < 1.29 is 23.7 Å². The normalized spacial score (nSPS) is 21.0. The zero-order valence-corrected chi connectivity index (χ0v) is 21.0. The van der Waals surface area contributed by atoms with Crippen LogP contribution in [0.4, 0.5) is 0 Å². The molecular weight excluding hydrogens is 430 g/mol. The molecule has 4 rings (SSSR count). The van der Waals surface area contributed by atoms with E-state index in [1.807, 2.05) is 45.9 Å². The molecule has 0 spiro atoms. The fraction of sp³-hybridized carbons (Fsp3) is 0.571. The first-order valence-electron chi connectivity index (χ1n) is 12.4. The Hall–Kier alpha value is -1.96. The summed E-state index contributed by atoms with van der Waals surface area (Å²) in [6.07, 6.45) is 2.03. The summed E-state index contributed by atoms with van der Waals surface area (Å²) in [6.45, 7) is 12.0. The van der Waals surface area contributed by atoms with Gasteiger partial charge in [-0.15, -0.1) is 0 Å². The van der Waals surface area contributed by atoms with Crippen LogP contribution >= 0.6 is 0 Å². The minimum Gasteiger partial charge on any atom is -0.489 e. The molecule has 0 aliphatic carbocycles. The molecule has 2 aromatic carbocycles. The highest BCUT2D eigenvalue weighted by Gasteiger charge is 2.38. The smallest absolute Gasteiger partial charge is 0.162 e. The van der Waals surface area contributed by atoms with E-state index < -0.39 is 11.6 Å². The van der Waals surface area contributed by atoms with E-state index in [9.17, 15) is 0 Å². The van der Waals surface area contributed by atoms with E-state index >= 15 is 0 Å². The van der Waals surface area contributed by atoms with Crippen molar-refractivity contribution >= 4 is 0 Å². The summed E-state index contributed by atoms with van der Waals surface area (Å²) in [5.74, 6) is -0.144. The van der Waals surface area contributed by atoms with E-state index in [4.69, 9.17) is 23.7 Å². The van der Waals surface area contributed by atoms with Crippen LogP contribution in [-0.2, 0) is 32.0 Å². The number of ether oxygens (including phenoxy) is 5. The van der Waals surface area contributed by atoms with Crippen LogP contribution in [0.25, 0.3) is 0 Å². The Balaban J connectivity index is 1.29. The molecule has 0 aromatic heterocycles. The lowest BCUT2D eigenvalue weighted by Gasteiger charge is -2.46. The monoisotopic (exact) mass is 469 g/mol. The molecule has 2 aromatic rings. The van der Waals surface area contributed by atoms with Crippen LogP contribution in [-0.4, -0.2) is 61.5 Å². The first kappa shape index (κ1) is 25.1. The van der Waals surface area contributed by atoms with Crippen LogP contribution < -0.4 is 4.74 Å². The highest BCUT2D eigenvalue weighted by molar-refractivity contribution is 5.28. The molecule has 2 saturated heterocycles. The Morgan fingerprint density at radius 3 is 1.79 bits per heavy atom. The van der Waals surface area contributed by atoms with Gasteiger partial charge in [-0.2, -0.15) is 0 Å². The van der Waals surface area contributed by atoms with E-state index in [1.165, 1.54) is 11.1 Å². The average molecular weight is 470 g/mol. The molecule has 34 heavy (non-hydrogen) atoms. The molecule has 186 valence electrons. The van der Waals surface area contributed by atoms with Crippen LogP contribution in [0.3, 0.4) is 0 Å². The Morgan fingerprint density at radius 2 is 1.26 bits per heavy atom. The summed E-state index contributed by atoms with van der Waals surface area (Å²) in [5, 5.41) is 0. The van der Waals surface area contributed by atoms with Crippen molar-refractivity contribution in [2.45, 2.75) is 70.8 Å². The van der Waals surface area contributed by atoms with Crippen LogP contribution in [0.5, 0.6) is 5.75 Å². The molecule has 0 saturated carbocycles. The third-order valence-electron chi connectivity index (χ3n) is 6.48. The number of hydrogen-bond donors (Lipinski definition) is 0. The summed E-state index contributed by atoms with van der Waals surface area (Å²) < 4.78 is 29.8. The highest BCUT2D eigenvalue weighted by atomic mass is 16.7. The summed E-state index contributed by atoms with van der Waals surface area (Å²) in [6, 6.07) is 19.1. The maximum atomic E-state index is 5.96. The van der Waals surface area contributed by atoms with Gasteiger partial charge in [-0.1, -0.05) is 42.5 Å². The molecule has 0 radical (unpaired) electrons. The van der Waals surface area contributed by atoms with Gasteiger partial charge in [-0.25, -0.2) is 0 Å². The van der Waals surface area contributed by atoms with E-state index in [1.54, 1.807) is 0 Å². The van der Waals surface area contributed by atoms with Crippen molar-refractivity contribution in [1.29, 1.82) is 0 Å². The zero-order valence-electron chi connectivity index (χ0n) is 21.0. The Labute approximate surface area is 204 Å². The van der Waals surface area contributed by atoms with Gasteiger partial charge in [0, 0.05) is 0 Å². The van der Waals surface area contributed by atoms with Crippen LogP contribution in [0.1, 0.15) is 45.2 Å². The van der Waals surface area contributed by atoms with Crippen molar-refractivity contribution in [2.24, 2.45) is 0 Å². The minimum absolute atomic E-state index is 0.195. The number of hydrogen-bond acceptors (Lipinski definition) is 6. The third kappa shape index (κ3) is 7.27. The second kappa shape index (κ2) is 11.2. The van der Waals surface area contributed by atoms with Crippen molar-refractivity contribution in [3.8, 4) is 5.75 Å². The van der Waals surface area contributed by atoms with Crippen molar-refractivity contribution in [3.63, 3.8) is 0 Å². The average Bonchev–Trinajstić information content (AvgIpc) is 2.83. The fourth-order valence-corrected chi connectivity index (χ4v) is 4.37. The molecule has 0 atom stereocenters. The summed E-state index contributed by atoms with van der Waals surface area (Å²) in [5.41, 5.74) is 2.48. The minimum atomic E-state index is -0.520. The number of rotatable bonds is 9. The molecule has 2 heterocycles. The maximum Gasteiger partial charge on any atom is 0.162 e. The van der Waals surface area contributed by atoms with Crippen molar-refractivity contribution in [1.82, 2.24) is 4.90 Å². The van der Waals surface area contributed by atoms with Crippen molar-refractivity contribution in [3.05, 3.63) is 65.7 Å². The highest BCUT2D eigenvalue weighted by Crippen LogP contribution is 2.26. The van der Waals surface area contributed by atoms with E-state index in [2.05, 4.69) is 41.3 Å². The molecule has 0 bridgehead atoms. The first-order chi connectivity index (χ1) is 16.3. The van der Waals surface area contributed by atoms with Gasteiger partial charge < -0.3 is 23.7 Å². The quantitative estimate of drug-likeness (QED) is 0.526. The lowest BCUT2D eigenvalue weighted by atomic mass is 10.1. The second-order valence-electron chi connectivity index (χ2n) is 10.1.